The van der Waals surface area contributed by atoms with E-state index in [0.29, 0.717) is 12.5 Å². The molecule has 84 valence electrons. The lowest BCUT2D eigenvalue weighted by atomic mass is 9.85. The number of halogens is 2. The van der Waals surface area contributed by atoms with Crippen LogP contribution in [0.4, 0.5) is 14.5 Å². The van der Waals surface area contributed by atoms with Gasteiger partial charge in [0.05, 0.1) is 11.3 Å². The molecule has 1 aliphatic rings. The van der Waals surface area contributed by atoms with Gasteiger partial charge in [-0.3, -0.25) is 0 Å². The Kier molecular flexibility index (Phi) is 3.04. The van der Waals surface area contributed by atoms with Gasteiger partial charge in [-0.25, -0.2) is 8.78 Å². The summed E-state index contributed by atoms with van der Waals surface area (Å²) in [6.45, 7) is 0.669. The zero-order valence-electron chi connectivity index (χ0n) is 8.76. The summed E-state index contributed by atoms with van der Waals surface area (Å²) in [6.07, 6.45) is 3.51. The smallest absolute Gasteiger partial charge is 0.183 e. The van der Waals surface area contributed by atoms with E-state index in [1.807, 2.05) is 0 Å². The van der Waals surface area contributed by atoms with E-state index in [2.05, 4.69) is 5.32 Å². The molecule has 0 amide bonds. The van der Waals surface area contributed by atoms with Crippen molar-refractivity contribution in [2.24, 2.45) is 5.92 Å². The first-order valence-corrected chi connectivity index (χ1v) is 5.34. The molecule has 0 unspecified atom stereocenters. The number of benzene rings is 1. The Labute approximate surface area is 92.9 Å². The Balaban J connectivity index is 2.09. The van der Waals surface area contributed by atoms with Gasteiger partial charge < -0.3 is 5.32 Å². The highest BCUT2D eigenvalue weighted by Gasteiger charge is 2.18. The first kappa shape index (κ1) is 10.9. The largest absolute Gasteiger partial charge is 0.382 e. The number of hydrogen-bond donors (Lipinski definition) is 1. The van der Waals surface area contributed by atoms with Gasteiger partial charge in [-0.2, -0.15) is 5.26 Å². The molecule has 0 aromatic heterocycles. The van der Waals surface area contributed by atoms with Crippen LogP contribution in [0.5, 0.6) is 0 Å². The number of nitrogens with zero attached hydrogens (tertiary/aromatic N) is 1. The van der Waals surface area contributed by atoms with E-state index in [1.54, 1.807) is 6.07 Å². The Hall–Kier alpha value is -1.63. The van der Waals surface area contributed by atoms with Crippen LogP contribution in [0, 0.1) is 28.9 Å². The highest BCUT2D eigenvalue weighted by Crippen LogP contribution is 2.27. The molecule has 0 saturated heterocycles. The van der Waals surface area contributed by atoms with Gasteiger partial charge in [0.2, 0.25) is 0 Å². The van der Waals surface area contributed by atoms with Crippen LogP contribution in [-0.4, -0.2) is 6.54 Å². The van der Waals surface area contributed by atoms with Gasteiger partial charge in [0.15, 0.2) is 11.6 Å². The van der Waals surface area contributed by atoms with E-state index in [0.717, 1.165) is 12.8 Å². The molecule has 2 rings (SSSR count). The Morgan fingerprint density at radius 3 is 2.62 bits per heavy atom. The fourth-order valence-corrected chi connectivity index (χ4v) is 1.72. The van der Waals surface area contributed by atoms with E-state index in [1.165, 1.54) is 18.6 Å². The zero-order valence-corrected chi connectivity index (χ0v) is 8.76. The Morgan fingerprint density at radius 1 is 1.31 bits per heavy atom. The SMILES string of the molecule is N#Cc1ccc(NCC2CCC2)c(F)c1F. The van der Waals surface area contributed by atoms with Crippen LogP contribution in [-0.2, 0) is 0 Å². The van der Waals surface area contributed by atoms with Gasteiger partial charge in [0.1, 0.15) is 6.07 Å². The molecule has 1 fully saturated rings. The quantitative estimate of drug-likeness (QED) is 0.853. The van der Waals surface area contributed by atoms with Gasteiger partial charge >= 0.3 is 0 Å². The van der Waals surface area contributed by atoms with Crippen LogP contribution >= 0.6 is 0 Å². The molecule has 2 nitrogen and oxygen atoms in total. The summed E-state index contributed by atoms with van der Waals surface area (Å²) in [5, 5.41) is 11.4. The van der Waals surface area contributed by atoms with Crippen molar-refractivity contribution in [3.8, 4) is 6.07 Å². The second-order valence-electron chi connectivity index (χ2n) is 4.08. The summed E-state index contributed by atoms with van der Waals surface area (Å²) < 4.78 is 26.7. The van der Waals surface area contributed by atoms with E-state index in [-0.39, 0.29) is 11.3 Å². The normalized spacial score (nSPS) is 15.3. The lowest BCUT2D eigenvalue weighted by molar-refractivity contribution is 0.333. The maximum Gasteiger partial charge on any atom is 0.183 e. The van der Waals surface area contributed by atoms with Crippen LogP contribution in [0.2, 0.25) is 0 Å². The number of anilines is 1. The molecular weight excluding hydrogens is 210 g/mol. The van der Waals surface area contributed by atoms with Crippen molar-refractivity contribution in [1.82, 2.24) is 0 Å². The summed E-state index contributed by atoms with van der Waals surface area (Å²) in [5.74, 6) is -1.46. The minimum absolute atomic E-state index is 0.142. The molecule has 1 saturated carbocycles. The summed E-state index contributed by atoms with van der Waals surface area (Å²) in [6, 6.07) is 4.31. The summed E-state index contributed by atoms with van der Waals surface area (Å²) in [7, 11) is 0. The fourth-order valence-electron chi connectivity index (χ4n) is 1.72. The number of nitrogens with one attached hydrogen (secondary N) is 1. The second kappa shape index (κ2) is 4.48. The topological polar surface area (TPSA) is 35.8 Å². The molecule has 1 N–H and O–H groups in total. The Morgan fingerprint density at radius 2 is 2.06 bits per heavy atom. The van der Waals surface area contributed by atoms with Crippen LogP contribution in [0.1, 0.15) is 24.8 Å². The Bertz CT molecular complexity index is 433. The van der Waals surface area contributed by atoms with Gasteiger partial charge in [-0.1, -0.05) is 6.42 Å². The fraction of sp³-hybridized carbons (Fsp3) is 0.417. The second-order valence-corrected chi connectivity index (χ2v) is 4.08. The van der Waals surface area contributed by atoms with E-state index in [4.69, 9.17) is 5.26 Å². The van der Waals surface area contributed by atoms with Crippen molar-refractivity contribution in [1.29, 1.82) is 5.26 Å². The van der Waals surface area contributed by atoms with E-state index < -0.39 is 11.6 Å². The third-order valence-electron chi connectivity index (χ3n) is 3.01. The molecule has 0 heterocycles. The van der Waals surface area contributed by atoms with Gasteiger partial charge in [0.25, 0.3) is 0 Å². The molecule has 1 aromatic carbocycles. The van der Waals surface area contributed by atoms with Crippen molar-refractivity contribution < 1.29 is 8.78 Å². The van der Waals surface area contributed by atoms with Gasteiger partial charge in [-0.15, -0.1) is 0 Å². The molecule has 1 aliphatic carbocycles. The summed E-state index contributed by atoms with van der Waals surface area (Å²) >= 11 is 0. The number of nitriles is 1. The molecule has 16 heavy (non-hydrogen) atoms. The molecule has 0 radical (unpaired) electrons. The maximum atomic E-state index is 13.4. The molecule has 0 spiro atoms. The van der Waals surface area contributed by atoms with Crippen LogP contribution < -0.4 is 5.32 Å². The molecule has 1 aromatic rings. The highest BCUT2D eigenvalue weighted by atomic mass is 19.2. The zero-order chi connectivity index (χ0) is 11.5. The lowest BCUT2D eigenvalue weighted by Crippen LogP contribution is -2.21. The predicted molar refractivity (Wildman–Crippen MR) is 56.9 cm³/mol. The standard InChI is InChI=1S/C12H12F2N2/c13-11-9(6-15)4-5-10(12(11)14)16-7-8-2-1-3-8/h4-5,8,16H,1-3,7H2. The summed E-state index contributed by atoms with van der Waals surface area (Å²) in [4.78, 5) is 0. The average Bonchev–Trinajstić information content (AvgIpc) is 2.22. The predicted octanol–water partition coefficient (Wildman–Crippen LogP) is 3.05. The van der Waals surface area contributed by atoms with Crippen molar-refractivity contribution in [2.45, 2.75) is 19.3 Å². The van der Waals surface area contributed by atoms with Crippen LogP contribution in [0.3, 0.4) is 0 Å². The summed E-state index contributed by atoms with van der Waals surface area (Å²) in [5.41, 5.74) is -0.116. The minimum Gasteiger partial charge on any atom is -0.382 e. The first-order valence-electron chi connectivity index (χ1n) is 5.34. The van der Waals surface area contributed by atoms with Crippen LogP contribution in [0.15, 0.2) is 12.1 Å². The van der Waals surface area contributed by atoms with Gasteiger partial charge in [-0.05, 0) is 30.9 Å². The van der Waals surface area contributed by atoms with Crippen molar-refractivity contribution >= 4 is 5.69 Å². The monoisotopic (exact) mass is 222 g/mol. The maximum absolute atomic E-state index is 13.4. The van der Waals surface area contributed by atoms with Crippen molar-refractivity contribution in [2.75, 3.05) is 11.9 Å². The van der Waals surface area contributed by atoms with Gasteiger partial charge in [0, 0.05) is 6.54 Å². The van der Waals surface area contributed by atoms with E-state index >= 15 is 0 Å². The number of hydrogen-bond acceptors (Lipinski definition) is 2. The average molecular weight is 222 g/mol. The lowest BCUT2D eigenvalue weighted by Gasteiger charge is -2.25. The molecule has 0 aliphatic heterocycles. The van der Waals surface area contributed by atoms with Crippen LogP contribution in [0.25, 0.3) is 0 Å². The molecule has 0 atom stereocenters. The molecular formula is C12H12F2N2. The third-order valence-corrected chi connectivity index (χ3v) is 3.01. The highest BCUT2D eigenvalue weighted by molar-refractivity contribution is 5.49. The number of rotatable bonds is 3. The van der Waals surface area contributed by atoms with Crippen molar-refractivity contribution in [3.63, 3.8) is 0 Å². The van der Waals surface area contributed by atoms with E-state index in [9.17, 15) is 8.78 Å². The minimum atomic E-state index is -1.07. The molecule has 0 bridgehead atoms. The van der Waals surface area contributed by atoms with Crippen molar-refractivity contribution in [3.05, 3.63) is 29.3 Å². The third kappa shape index (κ3) is 1.99. The molecule has 4 heteroatoms. The first-order chi connectivity index (χ1) is 7.72.